The molecule has 0 fully saturated rings. The molecule has 1 heterocycles. The number of hydrogen-bond donors (Lipinski definition) is 1. The summed E-state index contributed by atoms with van der Waals surface area (Å²) < 4.78 is 11.4. The zero-order valence-corrected chi connectivity index (χ0v) is 11.1. The fourth-order valence-electron chi connectivity index (χ4n) is 1.09. The van der Waals surface area contributed by atoms with Gasteiger partial charge in [0.05, 0.1) is 6.61 Å². The van der Waals surface area contributed by atoms with E-state index in [2.05, 4.69) is 31.2 Å². The number of nitrogens with one attached hydrogen (secondary N) is 1. The van der Waals surface area contributed by atoms with E-state index in [1.165, 1.54) is 6.33 Å². The van der Waals surface area contributed by atoms with Crippen LogP contribution < -0.4 is 10.1 Å². The third kappa shape index (κ3) is 3.94. The Morgan fingerprint density at radius 1 is 1.31 bits per heavy atom. The van der Waals surface area contributed by atoms with Gasteiger partial charge in [-0.1, -0.05) is 0 Å². The van der Waals surface area contributed by atoms with Gasteiger partial charge in [0.2, 0.25) is 5.88 Å². The average Bonchev–Trinajstić information content (AvgIpc) is 2.29. The number of anilines is 1. The Labute approximate surface area is 104 Å². The van der Waals surface area contributed by atoms with Crippen LogP contribution in [0.15, 0.2) is 10.8 Å². The van der Waals surface area contributed by atoms with Crippen molar-refractivity contribution in [2.75, 3.05) is 31.7 Å². The van der Waals surface area contributed by atoms with Gasteiger partial charge in [-0.25, -0.2) is 9.97 Å². The molecule has 0 atom stereocenters. The van der Waals surface area contributed by atoms with Crippen LogP contribution in [0.3, 0.4) is 0 Å². The second kappa shape index (κ2) is 7.40. The van der Waals surface area contributed by atoms with E-state index in [1.807, 2.05) is 13.8 Å². The van der Waals surface area contributed by atoms with Crippen LogP contribution in [-0.4, -0.2) is 36.3 Å². The second-order valence-corrected chi connectivity index (χ2v) is 3.71. The Balaban J connectivity index is 2.55. The van der Waals surface area contributed by atoms with Crippen molar-refractivity contribution in [3.63, 3.8) is 0 Å². The van der Waals surface area contributed by atoms with Gasteiger partial charge in [-0.2, -0.15) is 0 Å². The zero-order valence-electron chi connectivity index (χ0n) is 9.49. The number of nitrogens with zero attached hydrogens (tertiary/aromatic N) is 2. The molecule has 6 heteroatoms. The standard InChI is InChI=1S/C10H16BrN3O2/c1-3-12-9-8(11)10(14-7-13-9)16-6-5-15-4-2/h7H,3-6H2,1-2H3,(H,12,13,14). The molecule has 90 valence electrons. The molecule has 16 heavy (non-hydrogen) atoms. The lowest BCUT2D eigenvalue weighted by Gasteiger charge is -2.09. The van der Waals surface area contributed by atoms with E-state index < -0.39 is 0 Å². The highest BCUT2D eigenvalue weighted by molar-refractivity contribution is 9.10. The van der Waals surface area contributed by atoms with Gasteiger partial charge < -0.3 is 14.8 Å². The first-order valence-corrected chi connectivity index (χ1v) is 6.03. The smallest absolute Gasteiger partial charge is 0.233 e. The molecule has 5 nitrogen and oxygen atoms in total. The summed E-state index contributed by atoms with van der Waals surface area (Å²) >= 11 is 3.40. The van der Waals surface area contributed by atoms with Crippen molar-refractivity contribution < 1.29 is 9.47 Å². The molecule has 0 unspecified atom stereocenters. The van der Waals surface area contributed by atoms with Crippen LogP contribution >= 0.6 is 15.9 Å². The molecule has 1 aromatic heterocycles. The summed E-state index contributed by atoms with van der Waals surface area (Å²) in [5, 5.41) is 3.11. The fraction of sp³-hybridized carbons (Fsp3) is 0.600. The van der Waals surface area contributed by atoms with E-state index in [4.69, 9.17) is 9.47 Å². The number of hydrogen-bond acceptors (Lipinski definition) is 5. The van der Waals surface area contributed by atoms with Crippen molar-refractivity contribution in [3.05, 3.63) is 10.8 Å². The first-order valence-electron chi connectivity index (χ1n) is 5.24. The maximum absolute atomic E-state index is 5.46. The van der Waals surface area contributed by atoms with Gasteiger partial charge in [0.1, 0.15) is 23.2 Å². The highest BCUT2D eigenvalue weighted by Gasteiger charge is 2.08. The Kier molecular flexibility index (Phi) is 6.10. The lowest BCUT2D eigenvalue weighted by atomic mass is 10.5. The minimum atomic E-state index is 0.481. The molecular formula is C10H16BrN3O2. The molecule has 0 saturated carbocycles. The van der Waals surface area contributed by atoms with E-state index >= 15 is 0 Å². The maximum Gasteiger partial charge on any atom is 0.233 e. The topological polar surface area (TPSA) is 56.3 Å². The van der Waals surface area contributed by atoms with Crippen LogP contribution in [0.2, 0.25) is 0 Å². The largest absolute Gasteiger partial charge is 0.474 e. The molecule has 0 amide bonds. The Bertz CT molecular complexity index is 323. The van der Waals surface area contributed by atoms with Crippen molar-refractivity contribution in [1.82, 2.24) is 9.97 Å². The Morgan fingerprint density at radius 3 is 2.81 bits per heavy atom. The maximum atomic E-state index is 5.46. The van der Waals surface area contributed by atoms with Crippen LogP contribution in [0.25, 0.3) is 0 Å². The molecule has 0 bridgehead atoms. The third-order valence-electron chi connectivity index (χ3n) is 1.77. The van der Waals surface area contributed by atoms with Gasteiger partial charge in [-0.15, -0.1) is 0 Å². The van der Waals surface area contributed by atoms with Crippen LogP contribution in [0.4, 0.5) is 5.82 Å². The van der Waals surface area contributed by atoms with Gasteiger partial charge in [-0.05, 0) is 29.8 Å². The lowest BCUT2D eigenvalue weighted by Crippen LogP contribution is -2.09. The molecule has 1 rings (SSSR count). The normalized spacial score (nSPS) is 10.2. The Morgan fingerprint density at radius 2 is 2.12 bits per heavy atom. The van der Waals surface area contributed by atoms with Crippen LogP contribution in [0, 0.1) is 0 Å². The summed E-state index contributed by atoms with van der Waals surface area (Å²) in [7, 11) is 0. The van der Waals surface area contributed by atoms with E-state index in [0.717, 1.165) is 16.8 Å². The second-order valence-electron chi connectivity index (χ2n) is 2.92. The summed E-state index contributed by atoms with van der Waals surface area (Å²) in [5.41, 5.74) is 0. The molecule has 0 radical (unpaired) electrons. The predicted octanol–water partition coefficient (Wildman–Crippen LogP) is 2.09. The highest BCUT2D eigenvalue weighted by atomic mass is 79.9. The molecule has 0 spiro atoms. The van der Waals surface area contributed by atoms with E-state index in [-0.39, 0.29) is 0 Å². The summed E-state index contributed by atoms with van der Waals surface area (Å²) in [5.74, 6) is 1.27. The first kappa shape index (κ1) is 13.2. The van der Waals surface area contributed by atoms with Crippen molar-refractivity contribution >= 4 is 21.7 Å². The predicted molar refractivity (Wildman–Crippen MR) is 65.9 cm³/mol. The minimum absolute atomic E-state index is 0.481. The lowest BCUT2D eigenvalue weighted by molar-refractivity contribution is 0.108. The summed E-state index contributed by atoms with van der Waals surface area (Å²) in [6.45, 7) is 6.48. The number of rotatable bonds is 7. The van der Waals surface area contributed by atoms with Crippen LogP contribution in [0.5, 0.6) is 5.88 Å². The van der Waals surface area contributed by atoms with Crippen molar-refractivity contribution in [2.45, 2.75) is 13.8 Å². The summed E-state index contributed by atoms with van der Waals surface area (Å²) in [6.07, 6.45) is 1.47. The van der Waals surface area contributed by atoms with E-state index in [1.54, 1.807) is 0 Å². The third-order valence-corrected chi connectivity index (χ3v) is 2.49. The van der Waals surface area contributed by atoms with Crippen molar-refractivity contribution in [2.24, 2.45) is 0 Å². The molecule has 1 N–H and O–H groups in total. The molecule has 0 aliphatic carbocycles. The molecule has 0 aliphatic rings. The average molecular weight is 290 g/mol. The van der Waals surface area contributed by atoms with Crippen LogP contribution in [0.1, 0.15) is 13.8 Å². The summed E-state index contributed by atoms with van der Waals surface area (Å²) in [6, 6.07) is 0. The molecule has 0 aliphatic heterocycles. The number of aromatic nitrogens is 2. The minimum Gasteiger partial charge on any atom is -0.474 e. The first-order chi connectivity index (χ1) is 7.79. The van der Waals surface area contributed by atoms with Gasteiger partial charge in [0.15, 0.2) is 0 Å². The monoisotopic (exact) mass is 289 g/mol. The highest BCUT2D eigenvalue weighted by Crippen LogP contribution is 2.27. The number of halogens is 1. The molecule has 0 aromatic carbocycles. The van der Waals surface area contributed by atoms with E-state index in [9.17, 15) is 0 Å². The molecular weight excluding hydrogens is 274 g/mol. The van der Waals surface area contributed by atoms with Gasteiger partial charge in [0, 0.05) is 13.2 Å². The molecule has 0 saturated heterocycles. The van der Waals surface area contributed by atoms with Gasteiger partial charge in [0.25, 0.3) is 0 Å². The van der Waals surface area contributed by atoms with Crippen molar-refractivity contribution in [1.29, 1.82) is 0 Å². The molecule has 1 aromatic rings. The van der Waals surface area contributed by atoms with Gasteiger partial charge in [-0.3, -0.25) is 0 Å². The quantitative estimate of drug-likeness (QED) is 0.779. The van der Waals surface area contributed by atoms with E-state index in [0.29, 0.717) is 25.7 Å². The van der Waals surface area contributed by atoms with Crippen molar-refractivity contribution in [3.8, 4) is 5.88 Å². The zero-order chi connectivity index (χ0) is 11.8. The fourth-order valence-corrected chi connectivity index (χ4v) is 1.55. The number of ether oxygens (including phenoxy) is 2. The SMILES string of the molecule is CCNc1ncnc(OCCOCC)c1Br. The van der Waals surface area contributed by atoms with Crippen LogP contribution in [-0.2, 0) is 4.74 Å². The Hall–Kier alpha value is -0.880. The summed E-state index contributed by atoms with van der Waals surface area (Å²) in [4.78, 5) is 8.14. The van der Waals surface area contributed by atoms with Gasteiger partial charge >= 0.3 is 0 Å².